The van der Waals surface area contributed by atoms with Crippen molar-refractivity contribution in [3.05, 3.63) is 30.5 Å². The number of esters is 1. The summed E-state index contributed by atoms with van der Waals surface area (Å²) in [6, 6.07) is 7.76. The van der Waals surface area contributed by atoms with Crippen molar-refractivity contribution in [2.75, 3.05) is 12.8 Å². The molecule has 2 rings (SSSR count). The minimum Gasteiger partial charge on any atom is -0.469 e. The molecule has 0 saturated carbocycles. The molecule has 4 nitrogen and oxygen atoms in total. The number of fused-ring (bicyclic) bond motifs is 1. The van der Waals surface area contributed by atoms with Crippen molar-refractivity contribution < 1.29 is 9.53 Å². The van der Waals surface area contributed by atoms with E-state index < -0.39 is 5.41 Å². The Hall–Kier alpha value is -1.97. The van der Waals surface area contributed by atoms with Gasteiger partial charge in [-0.1, -0.05) is 6.07 Å². The van der Waals surface area contributed by atoms with Gasteiger partial charge in [0.1, 0.15) is 0 Å². The van der Waals surface area contributed by atoms with E-state index in [1.54, 1.807) is 0 Å². The van der Waals surface area contributed by atoms with Crippen LogP contribution in [0.4, 0.5) is 5.69 Å². The van der Waals surface area contributed by atoms with Gasteiger partial charge in [0, 0.05) is 23.8 Å². The van der Waals surface area contributed by atoms with Crippen molar-refractivity contribution in [1.82, 2.24) is 4.57 Å². The van der Waals surface area contributed by atoms with Crippen LogP contribution in [0, 0.1) is 5.41 Å². The number of carbonyl (C=O) groups is 1. The number of benzene rings is 1. The Balaban J connectivity index is 2.39. The molecule has 18 heavy (non-hydrogen) atoms. The fourth-order valence-electron chi connectivity index (χ4n) is 2.15. The second-order valence-corrected chi connectivity index (χ2v) is 5.10. The zero-order valence-corrected chi connectivity index (χ0v) is 10.9. The summed E-state index contributed by atoms with van der Waals surface area (Å²) < 4.78 is 6.85. The second-order valence-electron chi connectivity index (χ2n) is 5.10. The van der Waals surface area contributed by atoms with Gasteiger partial charge in [-0.3, -0.25) is 4.79 Å². The lowest BCUT2D eigenvalue weighted by atomic mass is 9.93. The maximum absolute atomic E-state index is 11.7. The molecule has 4 heteroatoms. The quantitative estimate of drug-likeness (QED) is 0.668. The number of nitrogens with zero attached hydrogens (tertiary/aromatic N) is 1. The zero-order valence-electron chi connectivity index (χ0n) is 10.9. The smallest absolute Gasteiger partial charge is 0.313 e. The van der Waals surface area contributed by atoms with Crippen molar-refractivity contribution in [3.63, 3.8) is 0 Å². The Morgan fingerprint density at radius 1 is 1.39 bits per heavy atom. The number of rotatable bonds is 3. The highest BCUT2D eigenvalue weighted by Gasteiger charge is 2.29. The first-order valence-corrected chi connectivity index (χ1v) is 5.87. The van der Waals surface area contributed by atoms with Crippen molar-refractivity contribution in [2.45, 2.75) is 20.4 Å². The molecular weight excluding hydrogens is 228 g/mol. The summed E-state index contributed by atoms with van der Waals surface area (Å²) in [5.41, 5.74) is 7.14. The fourth-order valence-corrected chi connectivity index (χ4v) is 2.15. The molecular formula is C14H18N2O2. The molecule has 0 atom stereocenters. The average Bonchev–Trinajstić information content (AvgIpc) is 2.72. The number of carbonyl (C=O) groups excluding carboxylic acids is 1. The Morgan fingerprint density at radius 3 is 2.78 bits per heavy atom. The molecule has 0 amide bonds. The fraction of sp³-hybridized carbons (Fsp3) is 0.357. The topological polar surface area (TPSA) is 57.2 Å². The van der Waals surface area contributed by atoms with Gasteiger partial charge in [0.15, 0.2) is 0 Å². The second kappa shape index (κ2) is 4.37. The molecule has 0 aliphatic rings. The lowest BCUT2D eigenvalue weighted by Crippen LogP contribution is -2.30. The first-order chi connectivity index (χ1) is 8.45. The number of nitrogens with two attached hydrogens (primary N) is 1. The van der Waals surface area contributed by atoms with E-state index in [0.717, 1.165) is 16.6 Å². The highest BCUT2D eigenvalue weighted by molar-refractivity contribution is 5.91. The monoisotopic (exact) mass is 246 g/mol. The van der Waals surface area contributed by atoms with Crippen molar-refractivity contribution in [1.29, 1.82) is 0 Å². The standard InChI is InChI=1S/C14H18N2O2/c1-14(2,13(17)18-3)9-16-8-7-10-11(15)5-4-6-12(10)16/h4-8H,9,15H2,1-3H3. The van der Waals surface area contributed by atoms with E-state index >= 15 is 0 Å². The molecule has 2 aromatic rings. The minimum absolute atomic E-state index is 0.215. The van der Waals surface area contributed by atoms with Gasteiger partial charge in [-0.2, -0.15) is 0 Å². The average molecular weight is 246 g/mol. The van der Waals surface area contributed by atoms with Crippen LogP contribution in [-0.4, -0.2) is 17.6 Å². The maximum Gasteiger partial charge on any atom is 0.313 e. The van der Waals surface area contributed by atoms with E-state index in [2.05, 4.69) is 0 Å². The molecule has 0 aliphatic heterocycles. The molecule has 0 saturated heterocycles. The van der Waals surface area contributed by atoms with Crippen molar-refractivity contribution in [2.24, 2.45) is 5.41 Å². The molecule has 2 N–H and O–H groups in total. The number of anilines is 1. The Labute approximate surface area is 106 Å². The zero-order chi connectivity index (χ0) is 13.3. The summed E-state index contributed by atoms with van der Waals surface area (Å²) in [7, 11) is 1.41. The third-order valence-corrected chi connectivity index (χ3v) is 3.15. The third-order valence-electron chi connectivity index (χ3n) is 3.15. The minimum atomic E-state index is -0.564. The van der Waals surface area contributed by atoms with Crippen LogP contribution >= 0.6 is 0 Å². The summed E-state index contributed by atoms with van der Waals surface area (Å²) in [5.74, 6) is -0.215. The number of hydrogen-bond acceptors (Lipinski definition) is 3. The van der Waals surface area contributed by atoms with Gasteiger partial charge in [-0.25, -0.2) is 0 Å². The predicted octanol–water partition coefficient (Wildman–Crippen LogP) is 2.42. The van der Waals surface area contributed by atoms with Gasteiger partial charge in [0.2, 0.25) is 0 Å². The SMILES string of the molecule is COC(=O)C(C)(C)Cn1ccc2c(N)cccc21. The van der Waals surface area contributed by atoms with Crippen LogP contribution in [0.1, 0.15) is 13.8 Å². The number of nitrogen functional groups attached to an aromatic ring is 1. The third kappa shape index (κ3) is 2.06. The van der Waals surface area contributed by atoms with Crippen LogP contribution in [0.3, 0.4) is 0 Å². The Morgan fingerprint density at radius 2 is 2.11 bits per heavy atom. The normalized spacial score (nSPS) is 11.7. The van der Waals surface area contributed by atoms with Crippen LogP contribution < -0.4 is 5.73 Å². The predicted molar refractivity (Wildman–Crippen MR) is 72.1 cm³/mol. The number of methoxy groups -OCH3 is 1. The first kappa shape index (κ1) is 12.5. The summed E-state index contributed by atoms with van der Waals surface area (Å²) in [6.45, 7) is 4.31. The molecule has 0 aliphatic carbocycles. The Kier molecular flexibility index (Phi) is 3.03. The van der Waals surface area contributed by atoms with Gasteiger partial charge in [-0.15, -0.1) is 0 Å². The maximum atomic E-state index is 11.7. The van der Waals surface area contributed by atoms with Gasteiger partial charge < -0.3 is 15.0 Å². The molecule has 0 bridgehead atoms. The number of aromatic nitrogens is 1. The molecule has 0 spiro atoms. The van der Waals surface area contributed by atoms with Gasteiger partial charge in [0.25, 0.3) is 0 Å². The van der Waals surface area contributed by atoms with E-state index in [0.29, 0.717) is 6.54 Å². The van der Waals surface area contributed by atoms with Crippen LogP contribution in [0.25, 0.3) is 10.9 Å². The van der Waals surface area contributed by atoms with E-state index in [9.17, 15) is 4.79 Å². The molecule has 0 unspecified atom stereocenters. The number of hydrogen-bond donors (Lipinski definition) is 1. The highest BCUT2D eigenvalue weighted by Crippen LogP contribution is 2.26. The van der Waals surface area contributed by atoms with Gasteiger partial charge in [0.05, 0.1) is 18.0 Å². The molecule has 1 aromatic heterocycles. The summed E-state index contributed by atoms with van der Waals surface area (Å²) in [5, 5.41) is 1.01. The lowest BCUT2D eigenvalue weighted by molar-refractivity contribution is -0.151. The van der Waals surface area contributed by atoms with E-state index in [-0.39, 0.29) is 5.97 Å². The van der Waals surface area contributed by atoms with E-state index in [1.165, 1.54) is 7.11 Å². The first-order valence-electron chi connectivity index (χ1n) is 5.87. The van der Waals surface area contributed by atoms with E-state index in [1.807, 2.05) is 48.9 Å². The van der Waals surface area contributed by atoms with Crippen LogP contribution in [0.5, 0.6) is 0 Å². The summed E-state index contributed by atoms with van der Waals surface area (Å²) in [6.07, 6.45) is 1.95. The van der Waals surface area contributed by atoms with E-state index in [4.69, 9.17) is 10.5 Å². The molecule has 0 radical (unpaired) electrons. The van der Waals surface area contributed by atoms with Crippen LogP contribution in [-0.2, 0) is 16.1 Å². The Bertz CT molecular complexity index is 584. The molecule has 96 valence electrons. The number of ether oxygens (including phenoxy) is 1. The van der Waals surface area contributed by atoms with Gasteiger partial charge >= 0.3 is 5.97 Å². The summed E-state index contributed by atoms with van der Waals surface area (Å²) >= 11 is 0. The molecule has 0 fully saturated rings. The molecule has 1 heterocycles. The van der Waals surface area contributed by atoms with Gasteiger partial charge in [-0.05, 0) is 32.0 Å². The molecule has 1 aromatic carbocycles. The van der Waals surface area contributed by atoms with Crippen LogP contribution in [0.15, 0.2) is 30.5 Å². The van der Waals surface area contributed by atoms with Crippen LogP contribution in [0.2, 0.25) is 0 Å². The largest absolute Gasteiger partial charge is 0.469 e. The summed E-state index contributed by atoms with van der Waals surface area (Å²) in [4.78, 5) is 11.7. The van der Waals surface area contributed by atoms with Crippen molar-refractivity contribution >= 4 is 22.6 Å². The lowest BCUT2D eigenvalue weighted by Gasteiger charge is -2.22. The highest BCUT2D eigenvalue weighted by atomic mass is 16.5. The van der Waals surface area contributed by atoms with Crippen molar-refractivity contribution in [3.8, 4) is 0 Å².